The van der Waals surface area contributed by atoms with Crippen molar-refractivity contribution in [1.29, 1.82) is 0 Å². The molecule has 0 radical (unpaired) electrons. The van der Waals surface area contributed by atoms with Gasteiger partial charge in [-0.3, -0.25) is 4.90 Å². The number of rotatable bonds is 5. The fraction of sp³-hybridized carbons (Fsp3) is 0.444. The summed E-state index contributed by atoms with van der Waals surface area (Å²) < 4.78 is 0. The predicted octanol–water partition coefficient (Wildman–Crippen LogP) is 1.32. The van der Waals surface area contributed by atoms with Crippen LogP contribution in [0.5, 0.6) is 0 Å². The number of hydrogen-bond donors (Lipinski definition) is 2. The largest absolute Gasteiger partial charge is 0.409 e. The van der Waals surface area contributed by atoms with Crippen LogP contribution in [0.15, 0.2) is 22.7 Å². The molecule has 78 valence electrons. The van der Waals surface area contributed by atoms with E-state index in [1.807, 2.05) is 11.4 Å². The molecule has 1 heterocycles. The first kappa shape index (κ1) is 11.0. The lowest BCUT2D eigenvalue weighted by atomic mass is 10.4. The molecular weight excluding hydrogens is 198 g/mol. The number of amidine groups is 1. The van der Waals surface area contributed by atoms with Gasteiger partial charge in [-0.1, -0.05) is 18.1 Å². The lowest BCUT2D eigenvalue weighted by molar-refractivity contribution is 0.296. The van der Waals surface area contributed by atoms with E-state index in [4.69, 9.17) is 10.9 Å². The third kappa shape index (κ3) is 3.35. The van der Waals surface area contributed by atoms with Crippen LogP contribution in [0.25, 0.3) is 0 Å². The normalized spacial score (nSPS) is 12.3. The lowest BCUT2D eigenvalue weighted by Gasteiger charge is -2.18. The average molecular weight is 213 g/mol. The summed E-state index contributed by atoms with van der Waals surface area (Å²) in [6.45, 7) is 4.29. The minimum absolute atomic E-state index is 0.253. The van der Waals surface area contributed by atoms with Gasteiger partial charge in [0, 0.05) is 11.4 Å². The number of likely N-dealkylation sites (N-methyl/N-ethyl adjacent to an activating group) is 1. The SMILES string of the molecule is CCN(CC(N)=NO)Cc1cccs1. The van der Waals surface area contributed by atoms with E-state index < -0.39 is 0 Å². The third-order valence-corrected chi connectivity index (χ3v) is 2.78. The molecule has 4 nitrogen and oxygen atoms in total. The number of nitrogens with zero attached hydrogens (tertiary/aromatic N) is 2. The summed E-state index contributed by atoms with van der Waals surface area (Å²) in [6, 6.07) is 4.11. The highest BCUT2D eigenvalue weighted by molar-refractivity contribution is 7.09. The summed E-state index contributed by atoms with van der Waals surface area (Å²) in [5.74, 6) is 0.253. The first-order valence-electron chi connectivity index (χ1n) is 4.47. The number of nitrogens with two attached hydrogens (primary N) is 1. The summed E-state index contributed by atoms with van der Waals surface area (Å²) in [6.07, 6.45) is 0. The second-order valence-electron chi connectivity index (χ2n) is 2.97. The molecule has 0 amide bonds. The van der Waals surface area contributed by atoms with Crippen LogP contribution in [0, 0.1) is 0 Å². The van der Waals surface area contributed by atoms with Gasteiger partial charge in [-0.05, 0) is 18.0 Å². The van der Waals surface area contributed by atoms with E-state index >= 15 is 0 Å². The van der Waals surface area contributed by atoms with Crippen molar-refractivity contribution in [3.05, 3.63) is 22.4 Å². The molecule has 0 bridgehead atoms. The minimum Gasteiger partial charge on any atom is -0.409 e. The Labute approximate surface area is 87.6 Å². The number of oxime groups is 1. The van der Waals surface area contributed by atoms with Crippen LogP contribution in [-0.4, -0.2) is 29.0 Å². The second kappa shape index (κ2) is 5.62. The molecule has 0 aliphatic heterocycles. The van der Waals surface area contributed by atoms with Gasteiger partial charge >= 0.3 is 0 Å². The quantitative estimate of drug-likeness (QED) is 0.335. The van der Waals surface area contributed by atoms with Gasteiger partial charge in [-0.25, -0.2) is 0 Å². The molecule has 1 aromatic heterocycles. The Hall–Kier alpha value is -1.07. The Morgan fingerprint density at radius 3 is 3.00 bits per heavy atom. The van der Waals surface area contributed by atoms with Crippen LogP contribution in [0.1, 0.15) is 11.8 Å². The van der Waals surface area contributed by atoms with Crippen LogP contribution >= 0.6 is 11.3 Å². The number of hydrogen-bond acceptors (Lipinski definition) is 4. The van der Waals surface area contributed by atoms with E-state index in [1.165, 1.54) is 4.88 Å². The van der Waals surface area contributed by atoms with Gasteiger partial charge in [0.1, 0.15) is 0 Å². The van der Waals surface area contributed by atoms with Gasteiger partial charge in [0.2, 0.25) is 0 Å². The maximum Gasteiger partial charge on any atom is 0.153 e. The standard InChI is InChI=1S/C9H15N3OS/c1-2-12(7-9(10)11-13)6-8-4-3-5-14-8/h3-5,13H,2,6-7H2,1H3,(H2,10,11). The van der Waals surface area contributed by atoms with Crippen LogP contribution in [-0.2, 0) is 6.54 Å². The maximum absolute atomic E-state index is 8.44. The molecular formula is C9H15N3OS. The highest BCUT2D eigenvalue weighted by Crippen LogP contribution is 2.11. The van der Waals surface area contributed by atoms with Gasteiger partial charge in [0.25, 0.3) is 0 Å². The zero-order valence-corrected chi connectivity index (χ0v) is 9.00. The van der Waals surface area contributed by atoms with Crippen molar-refractivity contribution in [3.63, 3.8) is 0 Å². The summed E-state index contributed by atoms with van der Waals surface area (Å²) in [5, 5.41) is 13.5. The summed E-state index contributed by atoms with van der Waals surface area (Å²) in [5.41, 5.74) is 5.44. The molecule has 0 saturated heterocycles. The Morgan fingerprint density at radius 2 is 2.50 bits per heavy atom. The molecule has 3 N–H and O–H groups in total. The molecule has 0 aliphatic carbocycles. The smallest absolute Gasteiger partial charge is 0.153 e. The molecule has 0 spiro atoms. The van der Waals surface area contributed by atoms with Gasteiger partial charge in [0.05, 0.1) is 6.54 Å². The summed E-state index contributed by atoms with van der Waals surface area (Å²) in [4.78, 5) is 3.40. The first-order valence-corrected chi connectivity index (χ1v) is 5.35. The molecule has 0 unspecified atom stereocenters. The van der Waals surface area contributed by atoms with Crippen LogP contribution in [0.4, 0.5) is 0 Å². The maximum atomic E-state index is 8.44. The zero-order valence-electron chi connectivity index (χ0n) is 8.18. The molecule has 14 heavy (non-hydrogen) atoms. The summed E-state index contributed by atoms with van der Waals surface area (Å²) >= 11 is 1.72. The van der Waals surface area contributed by atoms with E-state index in [0.29, 0.717) is 6.54 Å². The Balaban J connectivity index is 2.47. The van der Waals surface area contributed by atoms with Crippen LogP contribution in [0.3, 0.4) is 0 Å². The lowest BCUT2D eigenvalue weighted by Crippen LogP contribution is -2.33. The predicted molar refractivity (Wildman–Crippen MR) is 58.7 cm³/mol. The van der Waals surface area contributed by atoms with Crippen molar-refractivity contribution in [1.82, 2.24) is 4.90 Å². The Morgan fingerprint density at radius 1 is 1.71 bits per heavy atom. The van der Waals surface area contributed by atoms with E-state index in [-0.39, 0.29) is 5.84 Å². The molecule has 5 heteroatoms. The van der Waals surface area contributed by atoms with Crippen LogP contribution in [0.2, 0.25) is 0 Å². The molecule has 0 fully saturated rings. The fourth-order valence-electron chi connectivity index (χ4n) is 1.16. The Kier molecular flexibility index (Phi) is 4.42. The fourth-order valence-corrected chi connectivity index (χ4v) is 1.91. The van der Waals surface area contributed by atoms with Gasteiger partial charge in [0.15, 0.2) is 5.84 Å². The summed E-state index contributed by atoms with van der Waals surface area (Å²) in [7, 11) is 0. The van der Waals surface area contributed by atoms with Gasteiger partial charge in [-0.2, -0.15) is 0 Å². The van der Waals surface area contributed by atoms with E-state index in [0.717, 1.165) is 13.1 Å². The molecule has 0 atom stereocenters. The molecule has 1 rings (SSSR count). The van der Waals surface area contributed by atoms with Crippen molar-refractivity contribution in [2.24, 2.45) is 10.9 Å². The van der Waals surface area contributed by atoms with Crippen molar-refractivity contribution >= 4 is 17.2 Å². The van der Waals surface area contributed by atoms with Gasteiger partial charge in [-0.15, -0.1) is 11.3 Å². The van der Waals surface area contributed by atoms with Gasteiger partial charge < -0.3 is 10.9 Å². The van der Waals surface area contributed by atoms with Crippen molar-refractivity contribution in [2.75, 3.05) is 13.1 Å². The van der Waals surface area contributed by atoms with E-state index in [2.05, 4.69) is 23.0 Å². The van der Waals surface area contributed by atoms with Crippen molar-refractivity contribution < 1.29 is 5.21 Å². The highest BCUT2D eigenvalue weighted by atomic mass is 32.1. The van der Waals surface area contributed by atoms with E-state index in [9.17, 15) is 0 Å². The zero-order chi connectivity index (χ0) is 10.4. The van der Waals surface area contributed by atoms with E-state index in [1.54, 1.807) is 11.3 Å². The van der Waals surface area contributed by atoms with Crippen molar-refractivity contribution in [2.45, 2.75) is 13.5 Å². The molecule has 0 aliphatic rings. The van der Waals surface area contributed by atoms with Crippen molar-refractivity contribution in [3.8, 4) is 0 Å². The average Bonchev–Trinajstić information content (AvgIpc) is 2.69. The number of thiophene rings is 1. The van der Waals surface area contributed by atoms with Crippen LogP contribution < -0.4 is 5.73 Å². The molecule has 0 aromatic carbocycles. The second-order valence-corrected chi connectivity index (χ2v) is 4.01. The monoisotopic (exact) mass is 213 g/mol. The topological polar surface area (TPSA) is 61.8 Å². The molecule has 0 saturated carbocycles. The first-order chi connectivity index (χ1) is 6.76. The third-order valence-electron chi connectivity index (χ3n) is 1.92. The highest BCUT2D eigenvalue weighted by Gasteiger charge is 2.06. The molecule has 1 aromatic rings. The Bertz CT molecular complexity index is 284. The minimum atomic E-state index is 0.253.